The van der Waals surface area contributed by atoms with E-state index in [9.17, 15) is 18.0 Å². The topological polar surface area (TPSA) is 44.1 Å². The maximum absolute atomic E-state index is 13.2. The number of hydrogen-bond acceptors (Lipinski definition) is 3. The number of halogens is 3. The van der Waals surface area contributed by atoms with E-state index in [0.717, 1.165) is 18.2 Å². The van der Waals surface area contributed by atoms with Crippen molar-refractivity contribution in [2.75, 3.05) is 6.61 Å². The van der Waals surface area contributed by atoms with Crippen molar-refractivity contribution in [2.45, 2.75) is 32.9 Å². The molecular weight excluding hydrogens is 309 g/mol. The van der Waals surface area contributed by atoms with Crippen molar-refractivity contribution in [2.24, 2.45) is 0 Å². The minimum atomic E-state index is -4.66. The average molecular weight is 326 g/mol. The molecule has 1 aromatic heterocycles. The fraction of sp³-hybridized carbons (Fsp3) is 0.375. The monoisotopic (exact) mass is 326 g/mol. The summed E-state index contributed by atoms with van der Waals surface area (Å²) in [6, 6.07) is 6.53. The van der Waals surface area contributed by atoms with Crippen LogP contribution in [-0.2, 0) is 10.9 Å². The second-order valence-electron chi connectivity index (χ2n) is 5.17. The van der Waals surface area contributed by atoms with E-state index in [0.29, 0.717) is 16.7 Å². The van der Waals surface area contributed by atoms with Crippen LogP contribution in [0.25, 0.3) is 11.1 Å². The van der Waals surface area contributed by atoms with Gasteiger partial charge in [-0.25, -0.2) is 4.79 Å². The van der Waals surface area contributed by atoms with Crippen LogP contribution in [0.1, 0.15) is 31.0 Å². The van der Waals surface area contributed by atoms with Crippen molar-refractivity contribution in [3.8, 4) is 11.1 Å². The Bertz CT molecular complexity index is 676. The lowest BCUT2D eigenvalue weighted by Gasteiger charge is -2.06. The van der Waals surface area contributed by atoms with E-state index < -0.39 is 18.0 Å². The van der Waals surface area contributed by atoms with E-state index in [1.807, 2.05) is 13.8 Å². The molecule has 1 aromatic carbocycles. The molecule has 0 amide bonds. The third kappa shape index (κ3) is 4.12. The maximum atomic E-state index is 13.2. The summed E-state index contributed by atoms with van der Waals surface area (Å²) in [4.78, 5) is 11.8. The van der Waals surface area contributed by atoms with Crippen LogP contribution in [0.4, 0.5) is 18.0 Å². The number of carbonyl (C=O) groups is 1. The summed E-state index contributed by atoms with van der Waals surface area (Å²) in [6.45, 7) is 3.90. The van der Waals surface area contributed by atoms with Crippen LogP contribution < -0.4 is 0 Å². The molecule has 0 fully saturated rings. The predicted molar refractivity (Wildman–Crippen MR) is 79.1 cm³/mol. The highest BCUT2D eigenvalue weighted by Gasteiger charge is 2.38. The van der Waals surface area contributed by atoms with Gasteiger partial charge in [0.15, 0.2) is 5.69 Å². The first-order valence-corrected chi connectivity index (χ1v) is 7.24. The second-order valence-corrected chi connectivity index (χ2v) is 5.17. The van der Waals surface area contributed by atoms with Crippen LogP contribution >= 0.6 is 0 Å². The minimum Gasteiger partial charge on any atom is -0.448 e. The van der Waals surface area contributed by atoms with Crippen LogP contribution in [0.2, 0.25) is 0 Å². The van der Waals surface area contributed by atoms with Gasteiger partial charge in [-0.2, -0.15) is 23.0 Å². The Labute approximate surface area is 131 Å². The third-order valence-corrected chi connectivity index (χ3v) is 3.26. The first-order chi connectivity index (χ1) is 10.8. The molecule has 23 heavy (non-hydrogen) atoms. The Balaban J connectivity index is 2.37. The molecule has 0 bridgehead atoms. The molecule has 124 valence electrons. The molecule has 0 saturated heterocycles. The fourth-order valence-corrected chi connectivity index (χ4v) is 1.99. The predicted octanol–water partition coefficient (Wildman–Crippen LogP) is 4.66. The van der Waals surface area contributed by atoms with Crippen molar-refractivity contribution < 1.29 is 22.7 Å². The zero-order chi connectivity index (χ0) is 17.0. The van der Waals surface area contributed by atoms with E-state index in [1.54, 1.807) is 24.3 Å². The highest BCUT2D eigenvalue weighted by molar-refractivity contribution is 5.74. The Morgan fingerprint density at radius 2 is 1.91 bits per heavy atom. The zero-order valence-corrected chi connectivity index (χ0v) is 12.9. The minimum absolute atomic E-state index is 0.148. The maximum Gasteiger partial charge on any atom is 0.435 e. The quantitative estimate of drug-likeness (QED) is 0.767. The number of hydrogen-bond donors (Lipinski definition) is 0. The average Bonchev–Trinajstić information content (AvgIpc) is 2.93. The van der Waals surface area contributed by atoms with E-state index in [1.165, 1.54) is 0 Å². The molecule has 0 aliphatic carbocycles. The Morgan fingerprint density at radius 3 is 2.48 bits per heavy atom. The molecule has 0 spiro atoms. The number of nitrogens with zero attached hydrogens (tertiary/aromatic N) is 2. The number of aromatic nitrogens is 2. The second kappa shape index (κ2) is 6.85. The first-order valence-electron chi connectivity index (χ1n) is 7.24. The Hall–Kier alpha value is -2.31. The number of aryl methyl sites for hydroxylation is 1. The van der Waals surface area contributed by atoms with Crippen molar-refractivity contribution in [3.63, 3.8) is 0 Å². The SMILES string of the molecule is CCCCOC(=O)n1cc(-c2ccc(C)cc2)c(C(F)(F)F)n1. The molecular formula is C16H17F3N2O2. The number of carbonyl (C=O) groups excluding carboxylic acids is 1. The largest absolute Gasteiger partial charge is 0.448 e. The number of unbranched alkanes of at least 4 members (excludes halogenated alkanes) is 1. The van der Waals surface area contributed by atoms with Crippen molar-refractivity contribution in [3.05, 3.63) is 41.7 Å². The van der Waals surface area contributed by atoms with Gasteiger partial charge in [-0.3, -0.25) is 0 Å². The van der Waals surface area contributed by atoms with E-state index in [2.05, 4.69) is 5.10 Å². The van der Waals surface area contributed by atoms with Crippen molar-refractivity contribution >= 4 is 6.09 Å². The number of benzene rings is 1. The molecule has 0 unspecified atom stereocenters. The van der Waals surface area contributed by atoms with Gasteiger partial charge in [-0.05, 0) is 18.9 Å². The molecule has 0 aliphatic rings. The molecule has 4 nitrogen and oxygen atoms in total. The zero-order valence-electron chi connectivity index (χ0n) is 12.9. The van der Waals surface area contributed by atoms with Gasteiger partial charge in [-0.15, -0.1) is 0 Å². The van der Waals surface area contributed by atoms with E-state index in [-0.39, 0.29) is 12.2 Å². The fourth-order valence-electron chi connectivity index (χ4n) is 1.99. The molecule has 2 rings (SSSR count). The van der Waals surface area contributed by atoms with Gasteiger partial charge in [0.1, 0.15) is 0 Å². The van der Waals surface area contributed by atoms with Crippen LogP contribution in [-0.4, -0.2) is 22.5 Å². The molecule has 2 aromatic rings. The molecule has 0 saturated carbocycles. The normalized spacial score (nSPS) is 11.5. The van der Waals surface area contributed by atoms with E-state index in [4.69, 9.17) is 4.74 Å². The van der Waals surface area contributed by atoms with Gasteiger partial charge < -0.3 is 4.74 Å². The highest BCUT2D eigenvalue weighted by Crippen LogP contribution is 2.36. The molecule has 0 aliphatic heterocycles. The summed E-state index contributed by atoms with van der Waals surface area (Å²) in [5.74, 6) is 0. The van der Waals surface area contributed by atoms with Gasteiger partial charge >= 0.3 is 12.3 Å². The van der Waals surface area contributed by atoms with Gasteiger partial charge in [0.2, 0.25) is 0 Å². The van der Waals surface area contributed by atoms with Gasteiger partial charge in [0, 0.05) is 11.8 Å². The smallest absolute Gasteiger partial charge is 0.435 e. The molecule has 0 radical (unpaired) electrons. The van der Waals surface area contributed by atoms with Gasteiger partial charge in [0.25, 0.3) is 0 Å². The molecule has 1 heterocycles. The summed E-state index contributed by atoms with van der Waals surface area (Å²) in [7, 11) is 0. The molecule has 0 atom stereocenters. The third-order valence-electron chi connectivity index (χ3n) is 3.26. The first kappa shape index (κ1) is 17.1. The molecule has 7 heteroatoms. The van der Waals surface area contributed by atoms with Crippen molar-refractivity contribution in [1.29, 1.82) is 0 Å². The number of rotatable bonds is 4. The van der Waals surface area contributed by atoms with Gasteiger partial charge in [-0.1, -0.05) is 43.2 Å². The Kier molecular flexibility index (Phi) is 5.08. The lowest BCUT2D eigenvalue weighted by atomic mass is 10.0. The lowest BCUT2D eigenvalue weighted by molar-refractivity contribution is -0.140. The Morgan fingerprint density at radius 1 is 1.26 bits per heavy atom. The summed E-state index contributed by atoms with van der Waals surface area (Å²) < 4.78 is 45.0. The molecule has 0 N–H and O–H groups in total. The van der Waals surface area contributed by atoms with Crippen molar-refractivity contribution in [1.82, 2.24) is 9.78 Å². The summed E-state index contributed by atoms with van der Waals surface area (Å²) >= 11 is 0. The number of alkyl halides is 3. The highest BCUT2D eigenvalue weighted by atomic mass is 19.4. The van der Waals surface area contributed by atoms with Gasteiger partial charge in [0.05, 0.1) is 6.61 Å². The van der Waals surface area contributed by atoms with E-state index >= 15 is 0 Å². The van der Waals surface area contributed by atoms with Crippen LogP contribution in [0.15, 0.2) is 30.5 Å². The van der Waals surface area contributed by atoms with Crippen LogP contribution in [0, 0.1) is 6.92 Å². The standard InChI is InChI=1S/C16H17F3N2O2/c1-3-4-9-23-15(22)21-10-13(14(20-21)16(17,18)19)12-7-5-11(2)6-8-12/h5-8,10H,3-4,9H2,1-2H3. The lowest BCUT2D eigenvalue weighted by Crippen LogP contribution is -2.16. The summed E-state index contributed by atoms with van der Waals surface area (Å²) in [5.41, 5.74) is 0.0166. The summed E-state index contributed by atoms with van der Waals surface area (Å²) in [6.07, 6.45) is -3.06. The van der Waals surface area contributed by atoms with Crippen LogP contribution in [0.3, 0.4) is 0 Å². The van der Waals surface area contributed by atoms with Crippen LogP contribution in [0.5, 0.6) is 0 Å². The summed E-state index contributed by atoms with van der Waals surface area (Å²) in [5, 5.41) is 3.38. The number of ether oxygens (including phenoxy) is 1.